The molecular formula is C23H28N6O3S. The van der Waals surface area contributed by atoms with E-state index in [1.807, 2.05) is 42.5 Å². The van der Waals surface area contributed by atoms with Gasteiger partial charge in [0.25, 0.3) is 0 Å². The number of amides is 3. The fourth-order valence-electron chi connectivity index (χ4n) is 2.93. The normalized spacial score (nSPS) is 12.1. The number of thioether (sulfide) groups is 1. The van der Waals surface area contributed by atoms with Crippen molar-refractivity contribution in [1.29, 1.82) is 0 Å². The first-order chi connectivity index (χ1) is 15.7. The Bertz CT molecular complexity index is 1090. The lowest BCUT2D eigenvalue weighted by Crippen LogP contribution is -2.39. The summed E-state index contributed by atoms with van der Waals surface area (Å²) in [6, 6.07) is 16.3. The number of nitrogens with zero attached hydrogens (tertiary/aromatic N) is 3. The van der Waals surface area contributed by atoms with Gasteiger partial charge in [-0.3, -0.25) is 10.1 Å². The zero-order valence-electron chi connectivity index (χ0n) is 19.0. The van der Waals surface area contributed by atoms with E-state index in [-0.39, 0.29) is 12.0 Å². The average molecular weight is 469 g/mol. The van der Waals surface area contributed by atoms with E-state index in [9.17, 15) is 9.59 Å². The molecule has 1 unspecified atom stereocenters. The van der Waals surface area contributed by atoms with E-state index >= 15 is 0 Å². The molecule has 0 aliphatic rings. The second-order valence-corrected chi connectivity index (χ2v) is 9.38. The number of rotatable bonds is 7. The molecule has 174 valence electrons. The lowest BCUT2D eigenvalue weighted by molar-refractivity contribution is -0.119. The van der Waals surface area contributed by atoms with Crippen molar-refractivity contribution in [1.82, 2.24) is 25.5 Å². The van der Waals surface area contributed by atoms with Crippen molar-refractivity contribution in [3.05, 3.63) is 71.5 Å². The number of aromatic nitrogens is 3. The van der Waals surface area contributed by atoms with Crippen molar-refractivity contribution in [2.45, 2.75) is 43.2 Å². The van der Waals surface area contributed by atoms with Crippen LogP contribution in [-0.4, -0.2) is 33.9 Å². The van der Waals surface area contributed by atoms with Crippen LogP contribution in [0.25, 0.3) is 0 Å². The molecule has 0 aliphatic heterocycles. The van der Waals surface area contributed by atoms with Crippen molar-refractivity contribution < 1.29 is 14.3 Å². The molecule has 3 amide bonds. The number of nitrogens with two attached hydrogens (primary N) is 1. The van der Waals surface area contributed by atoms with Crippen molar-refractivity contribution in [3.8, 4) is 5.75 Å². The Balaban J connectivity index is 1.72. The fraction of sp³-hybridized carbons (Fsp3) is 0.304. The molecule has 10 heteroatoms. The molecular weight excluding hydrogens is 440 g/mol. The number of imide groups is 1. The lowest BCUT2D eigenvalue weighted by Gasteiger charge is -2.19. The number of hydrogen-bond acceptors (Lipinski definition) is 7. The minimum atomic E-state index is -0.756. The van der Waals surface area contributed by atoms with E-state index in [1.54, 1.807) is 12.1 Å². The Morgan fingerprint density at radius 3 is 2.36 bits per heavy atom. The second-order valence-electron chi connectivity index (χ2n) is 8.31. The summed E-state index contributed by atoms with van der Waals surface area (Å²) in [6.07, 6.45) is 0. The minimum absolute atomic E-state index is 0.0570. The van der Waals surface area contributed by atoms with Gasteiger partial charge in [0, 0.05) is 7.05 Å². The quantitative estimate of drug-likeness (QED) is 0.359. The zero-order valence-corrected chi connectivity index (χ0v) is 19.8. The maximum atomic E-state index is 12.7. The van der Waals surface area contributed by atoms with Gasteiger partial charge < -0.3 is 15.9 Å². The zero-order chi connectivity index (χ0) is 24.0. The van der Waals surface area contributed by atoms with Gasteiger partial charge in [0.05, 0.1) is 0 Å². The molecule has 0 saturated carbocycles. The molecule has 0 fully saturated rings. The molecule has 4 N–H and O–H groups in total. The largest absolute Gasteiger partial charge is 0.486 e. The first kappa shape index (κ1) is 24.1. The molecule has 0 aliphatic carbocycles. The number of urea groups is 1. The van der Waals surface area contributed by atoms with E-state index in [0.29, 0.717) is 22.3 Å². The standard InChI is InChI=1S/C23H28N6O3S/c1-23(2,3)16-10-12-17(13-11-16)32-14-18-27-28-22(29(18)24)33-19(15-8-6-5-7-9-15)20(30)26-21(31)25-4/h5-13,19H,14,24H2,1-4H3,(H2,25,26,30,31). The van der Waals surface area contributed by atoms with Crippen molar-refractivity contribution in [2.75, 3.05) is 12.9 Å². The predicted molar refractivity (Wildman–Crippen MR) is 127 cm³/mol. The smallest absolute Gasteiger partial charge is 0.321 e. The highest BCUT2D eigenvalue weighted by Gasteiger charge is 2.26. The van der Waals surface area contributed by atoms with Gasteiger partial charge in [-0.1, -0.05) is 75.0 Å². The molecule has 1 atom stereocenters. The third kappa shape index (κ3) is 6.26. The second kappa shape index (κ2) is 10.4. The van der Waals surface area contributed by atoms with Gasteiger partial charge >= 0.3 is 6.03 Å². The third-order valence-electron chi connectivity index (χ3n) is 4.85. The predicted octanol–water partition coefficient (Wildman–Crippen LogP) is 3.16. The maximum absolute atomic E-state index is 12.7. The van der Waals surface area contributed by atoms with Crippen LogP contribution >= 0.6 is 11.8 Å². The molecule has 0 spiro atoms. The SMILES string of the molecule is CNC(=O)NC(=O)C(Sc1nnc(COc2ccc(C(C)(C)C)cc2)n1N)c1ccccc1. The Labute approximate surface area is 197 Å². The summed E-state index contributed by atoms with van der Waals surface area (Å²) in [5.74, 6) is 6.77. The molecule has 1 heterocycles. The summed E-state index contributed by atoms with van der Waals surface area (Å²) in [4.78, 5) is 24.4. The summed E-state index contributed by atoms with van der Waals surface area (Å²) in [6.45, 7) is 6.56. The number of carbonyl (C=O) groups is 2. The Morgan fingerprint density at radius 1 is 1.09 bits per heavy atom. The van der Waals surface area contributed by atoms with Crippen LogP contribution in [0.1, 0.15) is 43.0 Å². The molecule has 2 aromatic carbocycles. The summed E-state index contributed by atoms with van der Waals surface area (Å²) in [5.41, 5.74) is 1.96. The van der Waals surface area contributed by atoms with E-state index in [2.05, 4.69) is 41.6 Å². The van der Waals surface area contributed by atoms with Crippen LogP contribution in [0.4, 0.5) is 4.79 Å². The first-order valence-corrected chi connectivity index (χ1v) is 11.2. The Kier molecular flexibility index (Phi) is 7.59. The van der Waals surface area contributed by atoms with Crippen molar-refractivity contribution >= 4 is 23.7 Å². The molecule has 9 nitrogen and oxygen atoms in total. The Morgan fingerprint density at radius 2 is 1.76 bits per heavy atom. The number of nitrogen functional groups attached to an aromatic ring is 1. The van der Waals surface area contributed by atoms with Crippen LogP contribution in [0.15, 0.2) is 59.8 Å². The number of carbonyl (C=O) groups excluding carboxylic acids is 2. The summed E-state index contributed by atoms with van der Waals surface area (Å²) >= 11 is 1.09. The third-order valence-corrected chi connectivity index (χ3v) is 6.06. The fourth-order valence-corrected chi connectivity index (χ4v) is 3.91. The van der Waals surface area contributed by atoms with Crippen LogP contribution in [0.5, 0.6) is 5.75 Å². The highest BCUT2D eigenvalue weighted by molar-refractivity contribution is 8.00. The first-order valence-electron chi connectivity index (χ1n) is 10.4. The molecule has 0 saturated heterocycles. The monoisotopic (exact) mass is 468 g/mol. The van der Waals surface area contributed by atoms with Crippen LogP contribution in [0.3, 0.4) is 0 Å². The van der Waals surface area contributed by atoms with Gasteiger partial charge in [0.1, 0.15) is 17.6 Å². The molecule has 0 radical (unpaired) electrons. The molecule has 3 rings (SSSR count). The number of benzene rings is 2. The summed E-state index contributed by atoms with van der Waals surface area (Å²) in [5, 5.41) is 12.4. The minimum Gasteiger partial charge on any atom is -0.486 e. The van der Waals surface area contributed by atoms with Crippen LogP contribution in [0.2, 0.25) is 0 Å². The number of hydrogen-bond donors (Lipinski definition) is 3. The van der Waals surface area contributed by atoms with Gasteiger partial charge in [-0.15, -0.1) is 10.2 Å². The highest BCUT2D eigenvalue weighted by Crippen LogP contribution is 2.34. The van der Waals surface area contributed by atoms with Crippen LogP contribution in [-0.2, 0) is 16.8 Å². The number of nitrogens with one attached hydrogen (secondary N) is 2. The average Bonchev–Trinajstić information content (AvgIpc) is 3.15. The van der Waals surface area contributed by atoms with E-state index in [0.717, 1.165) is 11.8 Å². The van der Waals surface area contributed by atoms with E-state index in [4.69, 9.17) is 10.6 Å². The van der Waals surface area contributed by atoms with Crippen molar-refractivity contribution in [3.63, 3.8) is 0 Å². The molecule has 3 aromatic rings. The lowest BCUT2D eigenvalue weighted by atomic mass is 9.87. The summed E-state index contributed by atoms with van der Waals surface area (Å²) < 4.78 is 7.10. The van der Waals surface area contributed by atoms with E-state index < -0.39 is 17.2 Å². The van der Waals surface area contributed by atoms with Gasteiger partial charge in [-0.05, 0) is 28.7 Å². The van der Waals surface area contributed by atoms with Gasteiger partial charge in [-0.25, -0.2) is 9.47 Å². The van der Waals surface area contributed by atoms with Gasteiger partial charge in [0.15, 0.2) is 5.82 Å². The molecule has 0 bridgehead atoms. The molecule has 1 aromatic heterocycles. The Hall–Kier alpha value is -3.53. The maximum Gasteiger partial charge on any atom is 0.321 e. The van der Waals surface area contributed by atoms with E-state index in [1.165, 1.54) is 17.3 Å². The van der Waals surface area contributed by atoms with Crippen molar-refractivity contribution in [2.24, 2.45) is 0 Å². The topological polar surface area (TPSA) is 124 Å². The van der Waals surface area contributed by atoms with Crippen LogP contribution < -0.4 is 21.2 Å². The number of ether oxygens (including phenoxy) is 1. The van der Waals surface area contributed by atoms with Gasteiger partial charge in [0.2, 0.25) is 11.1 Å². The van der Waals surface area contributed by atoms with Gasteiger partial charge in [-0.2, -0.15) is 0 Å². The summed E-state index contributed by atoms with van der Waals surface area (Å²) in [7, 11) is 1.44. The highest BCUT2D eigenvalue weighted by atomic mass is 32.2. The van der Waals surface area contributed by atoms with Crippen LogP contribution in [0, 0.1) is 0 Å². The molecule has 33 heavy (non-hydrogen) atoms.